The average Bonchev–Trinajstić information content (AvgIpc) is 2.92. The fourth-order valence-electron chi connectivity index (χ4n) is 4.31. The van der Waals surface area contributed by atoms with Crippen LogP contribution in [0.5, 0.6) is 0 Å². The predicted octanol–water partition coefficient (Wildman–Crippen LogP) is -0.988. The molecule has 1 rings (SSSR count). The normalized spacial score (nSPS) is 22.9. The molecule has 0 radical (unpaired) electrons. The molecule has 0 saturated carbocycles. The first-order valence-electron chi connectivity index (χ1n) is 13.9. The molecule has 1 heterocycles. The highest BCUT2D eigenvalue weighted by Crippen LogP contribution is 2.32. The average molecular weight is 679 g/mol. The van der Waals surface area contributed by atoms with Crippen LogP contribution in [-0.2, 0) is 90.5 Å². The molecule has 0 aliphatic carbocycles. The van der Waals surface area contributed by atoms with Gasteiger partial charge in [-0.1, -0.05) is 0 Å². The van der Waals surface area contributed by atoms with Crippen molar-refractivity contribution in [3.63, 3.8) is 0 Å². The first-order valence-corrected chi connectivity index (χ1v) is 13.9. The van der Waals surface area contributed by atoms with Crippen molar-refractivity contribution in [3.05, 3.63) is 0 Å². The highest BCUT2D eigenvalue weighted by atomic mass is 16.8. The lowest BCUT2D eigenvalue weighted by Crippen LogP contribution is -2.65. The van der Waals surface area contributed by atoms with E-state index >= 15 is 0 Å². The Bertz CT molecular complexity index is 1180. The number of ether oxygens (including phenoxy) is 10. The van der Waals surface area contributed by atoms with Crippen LogP contribution < -0.4 is 0 Å². The quantitative estimate of drug-likeness (QED) is 0.108. The molecule has 0 aromatic heterocycles. The molecule has 1 fully saturated rings. The van der Waals surface area contributed by atoms with Gasteiger partial charge in [-0.05, 0) is 0 Å². The molecule has 0 spiro atoms. The molecule has 9 atom stereocenters. The number of hydrogen-bond donors (Lipinski definition) is 0. The van der Waals surface area contributed by atoms with Crippen LogP contribution in [0.1, 0.15) is 55.4 Å². The minimum Gasteiger partial charge on any atom is -0.463 e. The summed E-state index contributed by atoms with van der Waals surface area (Å²) in [7, 11) is 0. The van der Waals surface area contributed by atoms with E-state index in [0.29, 0.717) is 0 Å². The van der Waals surface area contributed by atoms with Crippen LogP contribution in [0.2, 0.25) is 0 Å². The Morgan fingerprint density at radius 3 is 1.51 bits per heavy atom. The molecule has 0 N–H and O–H groups in total. The largest absolute Gasteiger partial charge is 0.463 e. The molecule has 264 valence electrons. The molecular formula is C28H38O19. The van der Waals surface area contributed by atoms with E-state index in [-0.39, 0.29) is 6.29 Å². The maximum absolute atomic E-state index is 12.3. The maximum atomic E-state index is 12.3. The second kappa shape index (κ2) is 19.1. The highest BCUT2D eigenvalue weighted by molar-refractivity contribution is 5.72. The number of esters is 8. The lowest BCUT2D eigenvalue weighted by Gasteiger charge is -2.46. The van der Waals surface area contributed by atoms with Gasteiger partial charge in [0.05, 0.1) is 0 Å². The van der Waals surface area contributed by atoms with Crippen molar-refractivity contribution in [3.8, 4) is 0 Å². The summed E-state index contributed by atoms with van der Waals surface area (Å²) < 4.78 is 53.5. The number of carbonyl (C=O) groups excluding carboxylic acids is 9. The highest BCUT2D eigenvalue weighted by Gasteiger charge is 2.55. The number of carbonyl (C=O) groups is 9. The number of rotatable bonds is 16. The van der Waals surface area contributed by atoms with Crippen LogP contribution >= 0.6 is 0 Å². The summed E-state index contributed by atoms with van der Waals surface area (Å²) in [6.07, 6.45) is -16.2. The monoisotopic (exact) mass is 678 g/mol. The zero-order chi connectivity index (χ0) is 36.0. The van der Waals surface area contributed by atoms with Crippen LogP contribution in [0.4, 0.5) is 0 Å². The summed E-state index contributed by atoms with van der Waals surface area (Å²) >= 11 is 0. The SMILES string of the molecule is CC(=O)OC[C@H]1O[C@@H](O[C@H]([C@H](OC(C)=O)[C@@H](C=O)OC(C)=O)[C@@H](COC(C)=O)OC(C)=O)[C@@H](OC(C)=O)[C@@H](OC(C)=O)[C@H]1OC(C)=O. The molecule has 1 saturated heterocycles. The second-order valence-corrected chi connectivity index (χ2v) is 9.90. The fourth-order valence-corrected chi connectivity index (χ4v) is 4.31. The molecule has 47 heavy (non-hydrogen) atoms. The minimum absolute atomic E-state index is 0.0647. The molecule has 0 aromatic rings. The Labute approximate surface area is 268 Å². The van der Waals surface area contributed by atoms with Crippen molar-refractivity contribution < 1.29 is 90.5 Å². The van der Waals surface area contributed by atoms with E-state index in [9.17, 15) is 43.2 Å². The number of aldehydes is 1. The maximum Gasteiger partial charge on any atom is 0.303 e. The molecule has 0 aromatic carbocycles. The van der Waals surface area contributed by atoms with Crippen LogP contribution in [-0.4, -0.2) is 122 Å². The predicted molar refractivity (Wildman–Crippen MR) is 146 cm³/mol. The number of hydrogen-bond acceptors (Lipinski definition) is 19. The smallest absolute Gasteiger partial charge is 0.303 e. The van der Waals surface area contributed by atoms with Crippen molar-refractivity contribution in [2.24, 2.45) is 0 Å². The standard InChI is InChI=1S/C28H38O19/c1-12(30)38-10-21(41-15(4)33)24(23(42-16(5)34)20(9-29)40-14(3)32)47-28-27(45-19(8)37)26(44-18(7)36)25(43-17(6)35)22(46-28)11-39-13(2)31/h9,20-28H,10-11H2,1-8H3/t20-,21-,22-,23-,24+,25+,26+,27+,28+/m1/s1. The fraction of sp³-hybridized carbons (Fsp3) is 0.679. The van der Waals surface area contributed by atoms with E-state index < -0.39 is 116 Å². The molecule has 1 aliphatic heterocycles. The third-order valence-electron chi connectivity index (χ3n) is 5.76. The second-order valence-electron chi connectivity index (χ2n) is 9.90. The van der Waals surface area contributed by atoms with Gasteiger partial charge < -0.3 is 47.4 Å². The molecule has 1 aliphatic rings. The Morgan fingerprint density at radius 1 is 0.574 bits per heavy atom. The minimum atomic E-state index is -1.97. The van der Waals surface area contributed by atoms with Crippen LogP contribution in [0.3, 0.4) is 0 Å². The van der Waals surface area contributed by atoms with Crippen LogP contribution in [0.15, 0.2) is 0 Å². The summed E-state index contributed by atoms with van der Waals surface area (Å²) in [5, 5.41) is 0. The van der Waals surface area contributed by atoms with E-state index in [0.717, 1.165) is 55.4 Å². The Kier molecular flexibility index (Phi) is 16.4. The Hall–Kier alpha value is -4.65. The van der Waals surface area contributed by atoms with Crippen LogP contribution in [0.25, 0.3) is 0 Å². The van der Waals surface area contributed by atoms with Crippen molar-refractivity contribution >= 4 is 54.0 Å². The summed E-state index contributed by atoms with van der Waals surface area (Å²) in [4.78, 5) is 108. The first-order chi connectivity index (χ1) is 21.9. The van der Waals surface area contributed by atoms with Gasteiger partial charge in [-0.15, -0.1) is 0 Å². The third kappa shape index (κ3) is 14.1. The van der Waals surface area contributed by atoms with Crippen molar-refractivity contribution in [1.82, 2.24) is 0 Å². The first kappa shape index (κ1) is 40.4. The summed E-state index contributed by atoms with van der Waals surface area (Å²) in [6.45, 7) is 6.35. The van der Waals surface area contributed by atoms with Gasteiger partial charge in [0.25, 0.3) is 0 Å². The molecule has 0 amide bonds. The molecular weight excluding hydrogens is 640 g/mol. The van der Waals surface area contributed by atoms with Gasteiger partial charge in [-0.2, -0.15) is 0 Å². The molecule has 0 bridgehead atoms. The van der Waals surface area contributed by atoms with Gasteiger partial charge in [-0.3, -0.25) is 43.2 Å². The van der Waals surface area contributed by atoms with Gasteiger partial charge >= 0.3 is 47.8 Å². The van der Waals surface area contributed by atoms with Crippen molar-refractivity contribution in [2.75, 3.05) is 13.2 Å². The van der Waals surface area contributed by atoms with Crippen molar-refractivity contribution in [1.29, 1.82) is 0 Å². The van der Waals surface area contributed by atoms with Gasteiger partial charge in [0.15, 0.2) is 49.2 Å². The lowest BCUT2D eigenvalue weighted by molar-refractivity contribution is -0.330. The van der Waals surface area contributed by atoms with Gasteiger partial charge in [0, 0.05) is 55.4 Å². The Morgan fingerprint density at radius 2 is 1.06 bits per heavy atom. The summed E-state index contributed by atoms with van der Waals surface area (Å²) in [5.74, 6) is -7.62. The zero-order valence-electron chi connectivity index (χ0n) is 26.9. The van der Waals surface area contributed by atoms with Gasteiger partial charge in [-0.25, -0.2) is 0 Å². The zero-order valence-corrected chi connectivity index (χ0v) is 26.9. The van der Waals surface area contributed by atoms with E-state index in [1.165, 1.54) is 0 Å². The van der Waals surface area contributed by atoms with E-state index in [2.05, 4.69) is 0 Å². The summed E-state index contributed by atoms with van der Waals surface area (Å²) in [6, 6.07) is 0. The third-order valence-corrected chi connectivity index (χ3v) is 5.76. The lowest BCUT2D eigenvalue weighted by atomic mass is 9.97. The topological polar surface area (TPSA) is 246 Å². The van der Waals surface area contributed by atoms with Gasteiger partial charge in [0.2, 0.25) is 0 Å². The van der Waals surface area contributed by atoms with E-state index in [1.807, 2.05) is 0 Å². The van der Waals surface area contributed by atoms with Crippen molar-refractivity contribution in [2.45, 2.75) is 111 Å². The van der Waals surface area contributed by atoms with E-state index in [4.69, 9.17) is 47.4 Å². The molecule has 19 nitrogen and oxygen atoms in total. The molecule has 0 unspecified atom stereocenters. The summed E-state index contributed by atoms with van der Waals surface area (Å²) in [5.41, 5.74) is 0. The van der Waals surface area contributed by atoms with Crippen LogP contribution in [0, 0.1) is 0 Å². The van der Waals surface area contributed by atoms with Gasteiger partial charge in [0.1, 0.15) is 25.4 Å². The van der Waals surface area contributed by atoms with E-state index in [1.54, 1.807) is 0 Å². The Balaban J connectivity index is 3.99. The molecule has 19 heteroatoms.